The van der Waals surface area contributed by atoms with Crippen LogP contribution < -0.4 is 4.90 Å². The van der Waals surface area contributed by atoms with E-state index in [1.807, 2.05) is 13.0 Å². The molecule has 0 radical (unpaired) electrons. The first-order valence-electron chi connectivity index (χ1n) is 8.34. The van der Waals surface area contributed by atoms with Gasteiger partial charge in [0, 0.05) is 31.7 Å². The number of fused-ring (bicyclic) bond motifs is 1. The molecule has 5 nitrogen and oxygen atoms in total. The lowest BCUT2D eigenvalue weighted by Gasteiger charge is -2.33. The zero-order chi connectivity index (χ0) is 16.6. The van der Waals surface area contributed by atoms with Crippen LogP contribution in [0.5, 0.6) is 0 Å². The van der Waals surface area contributed by atoms with Crippen molar-refractivity contribution < 1.29 is 13.2 Å². The number of rotatable bonds is 2. The van der Waals surface area contributed by atoms with Crippen molar-refractivity contribution in [3.8, 4) is 0 Å². The van der Waals surface area contributed by atoms with Crippen molar-refractivity contribution in [3.05, 3.63) is 23.8 Å². The molecule has 1 amide bonds. The Labute approximate surface area is 138 Å². The second-order valence-electron chi connectivity index (χ2n) is 6.53. The van der Waals surface area contributed by atoms with Crippen LogP contribution in [0, 0.1) is 0 Å². The lowest BCUT2D eigenvalue weighted by molar-refractivity contribution is -0.116. The number of carbonyl (C=O) groups is 1. The van der Waals surface area contributed by atoms with Gasteiger partial charge in [-0.15, -0.1) is 0 Å². The fourth-order valence-electron chi connectivity index (χ4n) is 3.61. The van der Waals surface area contributed by atoms with Gasteiger partial charge in [0.15, 0.2) is 0 Å². The quantitative estimate of drug-likeness (QED) is 0.834. The summed E-state index contributed by atoms with van der Waals surface area (Å²) in [6.07, 6.45) is 4.70. The molecule has 126 valence electrons. The third-order valence-corrected chi connectivity index (χ3v) is 6.91. The van der Waals surface area contributed by atoms with E-state index in [2.05, 4.69) is 0 Å². The van der Waals surface area contributed by atoms with Gasteiger partial charge in [-0.25, -0.2) is 8.42 Å². The summed E-state index contributed by atoms with van der Waals surface area (Å²) in [5, 5.41) is 0. The Morgan fingerprint density at radius 2 is 1.96 bits per heavy atom. The molecule has 3 rings (SSSR count). The highest BCUT2D eigenvalue weighted by Gasteiger charge is 2.32. The average molecular weight is 336 g/mol. The van der Waals surface area contributed by atoms with E-state index < -0.39 is 10.0 Å². The maximum absolute atomic E-state index is 13.0. The standard InChI is InChI=1S/C17H24N2O3S/c1-13-6-3-4-11-19(13)23(21,22)16-9-8-15-7-5-10-18(14(2)20)17(15)12-16/h8-9,12-13H,3-7,10-11H2,1-2H3/t13-/m1/s1. The van der Waals surface area contributed by atoms with E-state index in [0.717, 1.165) is 43.4 Å². The SMILES string of the molecule is CC(=O)N1CCCc2ccc(S(=O)(=O)N3CCCC[C@H]3C)cc21. The summed E-state index contributed by atoms with van der Waals surface area (Å²) in [6.45, 7) is 4.74. The number of carbonyl (C=O) groups excluding carboxylic acids is 1. The van der Waals surface area contributed by atoms with Crippen LogP contribution in [-0.2, 0) is 21.2 Å². The molecular formula is C17H24N2O3S. The van der Waals surface area contributed by atoms with Gasteiger partial charge in [0.05, 0.1) is 4.90 Å². The normalized spacial score (nSPS) is 22.7. The van der Waals surface area contributed by atoms with Gasteiger partial charge in [-0.05, 0) is 50.3 Å². The summed E-state index contributed by atoms with van der Waals surface area (Å²) in [5.41, 5.74) is 1.81. The van der Waals surface area contributed by atoms with Crippen LogP contribution in [0.3, 0.4) is 0 Å². The van der Waals surface area contributed by atoms with Gasteiger partial charge in [0.2, 0.25) is 15.9 Å². The smallest absolute Gasteiger partial charge is 0.243 e. The fraction of sp³-hybridized carbons (Fsp3) is 0.588. The zero-order valence-corrected chi connectivity index (χ0v) is 14.6. The minimum atomic E-state index is -3.50. The van der Waals surface area contributed by atoms with Crippen LogP contribution in [-0.4, -0.2) is 37.8 Å². The Morgan fingerprint density at radius 3 is 2.65 bits per heavy atom. The van der Waals surface area contributed by atoms with Gasteiger partial charge in [-0.1, -0.05) is 12.5 Å². The average Bonchev–Trinajstić information content (AvgIpc) is 2.53. The number of nitrogens with zero attached hydrogens (tertiary/aromatic N) is 2. The first-order chi connectivity index (χ1) is 10.9. The first kappa shape index (κ1) is 16.5. The first-order valence-corrected chi connectivity index (χ1v) is 9.78. The zero-order valence-electron chi connectivity index (χ0n) is 13.8. The molecule has 2 aliphatic heterocycles. The molecule has 1 saturated heterocycles. The summed E-state index contributed by atoms with van der Waals surface area (Å²) in [7, 11) is -3.50. The van der Waals surface area contributed by atoms with Gasteiger partial charge in [-0.2, -0.15) is 4.31 Å². The second-order valence-corrected chi connectivity index (χ2v) is 8.42. The number of anilines is 1. The molecule has 0 N–H and O–H groups in total. The molecule has 6 heteroatoms. The predicted octanol–water partition coefficient (Wildman–Crippen LogP) is 2.55. The number of hydrogen-bond donors (Lipinski definition) is 0. The molecule has 1 fully saturated rings. The molecule has 2 heterocycles. The molecule has 0 spiro atoms. The Bertz CT molecular complexity index is 715. The molecule has 0 bridgehead atoms. The molecular weight excluding hydrogens is 312 g/mol. The van der Waals surface area contributed by atoms with Gasteiger partial charge in [-0.3, -0.25) is 4.79 Å². The maximum Gasteiger partial charge on any atom is 0.243 e. The Morgan fingerprint density at radius 1 is 1.17 bits per heavy atom. The largest absolute Gasteiger partial charge is 0.312 e. The molecule has 0 aromatic heterocycles. The molecule has 0 aliphatic carbocycles. The highest BCUT2D eigenvalue weighted by molar-refractivity contribution is 7.89. The third-order valence-electron chi connectivity index (χ3n) is 4.90. The molecule has 23 heavy (non-hydrogen) atoms. The van der Waals surface area contributed by atoms with Crippen molar-refractivity contribution in [1.82, 2.24) is 4.31 Å². The lowest BCUT2D eigenvalue weighted by Crippen LogP contribution is -2.42. The van der Waals surface area contributed by atoms with E-state index in [1.165, 1.54) is 6.92 Å². The van der Waals surface area contributed by atoms with E-state index in [0.29, 0.717) is 18.0 Å². The van der Waals surface area contributed by atoms with Gasteiger partial charge in [0.1, 0.15) is 0 Å². The molecule has 1 aromatic rings. The summed E-state index contributed by atoms with van der Waals surface area (Å²) >= 11 is 0. The molecule has 1 aromatic carbocycles. The molecule has 0 unspecified atom stereocenters. The summed E-state index contributed by atoms with van der Waals surface area (Å²) in [4.78, 5) is 13.8. The number of sulfonamides is 1. The van der Waals surface area contributed by atoms with Gasteiger partial charge in [0.25, 0.3) is 0 Å². The minimum Gasteiger partial charge on any atom is -0.312 e. The van der Waals surface area contributed by atoms with Gasteiger partial charge >= 0.3 is 0 Å². The van der Waals surface area contributed by atoms with Crippen molar-refractivity contribution in [1.29, 1.82) is 0 Å². The van der Waals surface area contributed by atoms with E-state index in [4.69, 9.17) is 0 Å². The molecule has 2 aliphatic rings. The van der Waals surface area contributed by atoms with E-state index in [1.54, 1.807) is 21.3 Å². The maximum atomic E-state index is 13.0. The van der Waals surface area contributed by atoms with Crippen LogP contribution >= 0.6 is 0 Å². The van der Waals surface area contributed by atoms with E-state index in [9.17, 15) is 13.2 Å². The highest BCUT2D eigenvalue weighted by Crippen LogP contribution is 2.32. The number of piperidine rings is 1. The van der Waals surface area contributed by atoms with Crippen LogP contribution in [0.2, 0.25) is 0 Å². The van der Waals surface area contributed by atoms with Crippen molar-refractivity contribution in [2.45, 2.75) is 56.9 Å². The minimum absolute atomic E-state index is 0.0353. The molecule has 0 saturated carbocycles. The topological polar surface area (TPSA) is 57.7 Å². The number of amides is 1. The van der Waals surface area contributed by atoms with Gasteiger partial charge < -0.3 is 4.90 Å². The van der Waals surface area contributed by atoms with Crippen LogP contribution in [0.15, 0.2) is 23.1 Å². The fourth-order valence-corrected chi connectivity index (χ4v) is 5.33. The summed E-state index contributed by atoms with van der Waals surface area (Å²) in [5.74, 6) is -0.0353. The number of aryl methyl sites for hydroxylation is 1. The Balaban J connectivity index is 2.00. The van der Waals surface area contributed by atoms with Crippen LogP contribution in [0.1, 0.15) is 45.1 Å². The van der Waals surface area contributed by atoms with Crippen LogP contribution in [0.4, 0.5) is 5.69 Å². The van der Waals surface area contributed by atoms with Crippen molar-refractivity contribution in [2.24, 2.45) is 0 Å². The number of benzene rings is 1. The van der Waals surface area contributed by atoms with Crippen molar-refractivity contribution in [3.63, 3.8) is 0 Å². The molecule has 1 atom stereocenters. The van der Waals surface area contributed by atoms with E-state index >= 15 is 0 Å². The Kier molecular flexibility index (Phi) is 4.47. The monoisotopic (exact) mass is 336 g/mol. The third kappa shape index (κ3) is 3.02. The lowest BCUT2D eigenvalue weighted by atomic mass is 10.0. The second kappa shape index (κ2) is 6.24. The van der Waals surface area contributed by atoms with Crippen molar-refractivity contribution >= 4 is 21.6 Å². The summed E-state index contributed by atoms with van der Waals surface area (Å²) < 4.78 is 27.6. The summed E-state index contributed by atoms with van der Waals surface area (Å²) in [6, 6.07) is 5.28. The predicted molar refractivity (Wildman–Crippen MR) is 90.0 cm³/mol. The van der Waals surface area contributed by atoms with E-state index in [-0.39, 0.29) is 11.9 Å². The Hall–Kier alpha value is -1.40. The number of hydrogen-bond acceptors (Lipinski definition) is 3. The highest BCUT2D eigenvalue weighted by atomic mass is 32.2. The van der Waals surface area contributed by atoms with Crippen LogP contribution in [0.25, 0.3) is 0 Å². The van der Waals surface area contributed by atoms with Crippen molar-refractivity contribution in [2.75, 3.05) is 18.0 Å².